The number of hydrogen-bond acceptors (Lipinski definition) is 3. The molecule has 0 spiro atoms. The highest BCUT2D eigenvalue weighted by Crippen LogP contribution is 2.15. The Morgan fingerprint density at radius 2 is 2.04 bits per heavy atom. The summed E-state index contributed by atoms with van der Waals surface area (Å²) in [5.41, 5.74) is 2.86. The average molecular weight is 349 g/mol. The number of aromatic nitrogens is 2. The highest BCUT2D eigenvalue weighted by atomic mass is 16.2. The van der Waals surface area contributed by atoms with E-state index in [1.165, 1.54) is 0 Å². The fraction of sp³-hybridized carbons (Fsp3) is 0.286. The van der Waals surface area contributed by atoms with Gasteiger partial charge in [-0.25, -0.2) is 0 Å². The van der Waals surface area contributed by atoms with E-state index in [1.54, 1.807) is 29.4 Å². The summed E-state index contributed by atoms with van der Waals surface area (Å²) in [4.78, 5) is 34.1. The van der Waals surface area contributed by atoms with Gasteiger partial charge in [-0.1, -0.05) is 26.0 Å². The lowest BCUT2D eigenvalue weighted by Gasteiger charge is -2.24. The molecule has 0 saturated carbocycles. The lowest BCUT2D eigenvalue weighted by molar-refractivity contribution is 0.0721. The zero-order valence-corrected chi connectivity index (χ0v) is 15.3. The van der Waals surface area contributed by atoms with Gasteiger partial charge in [0.2, 0.25) is 0 Å². The van der Waals surface area contributed by atoms with Gasteiger partial charge in [0.1, 0.15) is 0 Å². The van der Waals surface area contributed by atoms with Crippen molar-refractivity contribution in [3.05, 3.63) is 75.8 Å². The van der Waals surface area contributed by atoms with Gasteiger partial charge in [-0.3, -0.25) is 14.6 Å². The zero-order chi connectivity index (χ0) is 18.7. The van der Waals surface area contributed by atoms with E-state index in [9.17, 15) is 9.59 Å². The summed E-state index contributed by atoms with van der Waals surface area (Å²) in [5, 5.41) is 0.962. The SMILES string of the molecule is Cc1ccc2cc(CN(CC(C)C)C(=O)c3cccnc3)c(=O)[nH]c2c1. The summed E-state index contributed by atoms with van der Waals surface area (Å²) >= 11 is 0. The van der Waals surface area contributed by atoms with Gasteiger partial charge in [0.15, 0.2) is 0 Å². The Labute approximate surface area is 152 Å². The molecule has 0 aliphatic heterocycles. The molecule has 0 unspecified atom stereocenters. The highest BCUT2D eigenvalue weighted by Gasteiger charge is 2.19. The molecule has 26 heavy (non-hydrogen) atoms. The number of pyridine rings is 2. The van der Waals surface area contributed by atoms with E-state index in [0.717, 1.165) is 16.5 Å². The van der Waals surface area contributed by atoms with Crippen LogP contribution in [0.3, 0.4) is 0 Å². The van der Waals surface area contributed by atoms with Crippen LogP contribution in [0.5, 0.6) is 0 Å². The number of carbonyl (C=O) groups excluding carboxylic acids is 1. The smallest absolute Gasteiger partial charge is 0.255 e. The third-order valence-corrected chi connectivity index (χ3v) is 4.22. The maximum atomic E-state index is 12.9. The van der Waals surface area contributed by atoms with Crippen LogP contribution in [0.2, 0.25) is 0 Å². The molecule has 5 nitrogen and oxygen atoms in total. The van der Waals surface area contributed by atoms with Gasteiger partial charge in [-0.15, -0.1) is 0 Å². The van der Waals surface area contributed by atoms with E-state index in [4.69, 9.17) is 0 Å². The molecule has 134 valence electrons. The third kappa shape index (κ3) is 3.99. The molecule has 0 aliphatic carbocycles. The fourth-order valence-electron chi connectivity index (χ4n) is 3.02. The van der Waals surface area contributed by atoms with Crippen LogP contribution in [0.25, 0.3) is 10.9 Å². The zero-order valence-electron chi connectivity index (χ0n) is 15.3. The van der Waals surface area contributed by atoms with Crippen LogP contribution >= 0.6 is 0 Å². The van der Waals surface area contributed by atoms with Crippen molar-refractivity contribution in [2.24, 2.45) is 5.92 Å². The number of aryl methyl sites for hydroxylation is 1. The molecule has 1 amide bonds. The first-order chi connectivity index (χ1) is 12.4. The lowest BCUT2D eigenvalue weighted by Crippen LogP contribution is -2.35. The van der Waals surface area contributed by atoms with Crippen LogP contribution in [0.1, 0.15) is 35.3 Å². The van der Waals surface area contributed by atoms with E-state index >= 15 is 0 Å². The molecule has 2 heterocycles. The molecule has 0 bridgehead atoms. The van der Waals surface area contributed by atoms with Gasteiger partial charge in [-0.05, 0) is 48.1 Å². The number of aromatic amines is 1. The first-order valence-electron chi connectivity index (χ1n) is 8.76. The molecule has 0 aliphatic rings. The van der Waals surface area contributed by atoms with Gasteiger partial charge < -0.3 is 9.88 Å². The number of hydrogen-bond donors (Lipinski definition) is 1. The van der Waals surface area contributed by atoms with Crippen LogP contribution in [0.15, 0.2) is 53.6 Å². The predicted octanol–water partition coefficient (Wildman–Crippen LogP) is 3.53. The summed E-state index contributed by atoms with van der Waals surface area (Å²) < 4.78 is 0. The molecule has 0 fully saturated rings. The number of benzene rings is 1. The van der Waals surface area contributed by atoms with E-state index in [1.807, 2.05) is 31.2 Å². The summed E-state index contributed by atoms with van der Waals surface area (Å²) in [6.45, 7) is 6.93. The first kappa shape index (κ1) is 17.9. The van der Waals surface area contributed by atoms with Gasteiger partial charge in [0.05, 0.1) is 12.1 Å². The molecule has 1 N–H and O–H groups in total. The van der Waals surface area contributed by atoms with Crippen LogP contribution in [-0.2, 0) is 6.54 Å². The lowest BCUT2D eigenvalue weighted by atomic mass is 10.1. The molecular weight excluding hydrogens is 326 g/mol. The average Bonchev–Trinajstić information content (AvgIpc) is 2.61. The number of H-pyrrole nitrogens is 1. The minimum absolute atomic E-state index is 0.116. The number of amides is 1. The van der Waals surface area contributed by atoms with Crippen molar-refractivity contribution in [3.63, 3.8) is 0 Å². The normalized spacial score (nSPS) is 11.1. The number of nitrogens with zero attached hydrogens (tertiary/aromatic N) is 2. The van der Waals surface area contributed by atoms with Crippen LogP contribution in [0, 0.1) is 12.8 Å². The number of nitrogens with one attached hydrogen (secondary N) is 1. The van der Waals surface area contributed by atoms with E-state index in [-0.39, 0.29) is 23.9 Å². The molecule has 1 aromatic carbocycles. The Morgan fingerprint density at radius 3 is 2.73 bits per heavy atom. The number of rotatable bonds is 5. The quantitative estimate of drug-likeness (QED) is 0.766. The van der Waals surface area contributed by atoms with Crippen molar-refractivity contribution < 1.29 is 4.79 Å². The third-order valence-electron chi connectivity index (χ3n) is 4.22. The van der Waals surface area contributed by atoms with Crippen LogP contribution in [0.4, 0.5) is 0 Å². The summed E-state index contributed by atoms with van der Waals surface area (Å²) in [5.74, 6) is 0.174. The summed E-state index contributed by atoms with van der Waals surface area (Å²) in [6.07, 6.45) is 3.20. The van der Waals surface area contributed by atoms with Crippen molar-refractivity contribution in [2.75, 3.05) is 6.54 Å². The minimum Gasteiger partial charge on any atom is -0.334 e. The second kappa shape index (κ2) is 7.52. The Bertz CT molecular complexity index is 977. The van der Waals surface area contributed by atoms with Crippen molar-refractivity contribution in [1.29, 1.82) is 0 Å². The maximum Gasteiger partial charge on any atom is 0.255 e. The standard InChI is InChI=1S/C21H23N3O2/c1-14(2)12-24(21(26)17-5-4-8-22-11-17)13-18-10-16-7-6-15(3)9-19(16)23-20(18)25/h4-11,14H,12-13H2,1-3H3,(H,23,25). The van der Waals surface area contributed by atoms with Crippen molar-refractivity contribution in [2.45, 2.75) is 27.3 Å². The molecule has 0 atom stereocenters. The Hall–Kier alpha value is -2.95. The van der Waals surface area contributed by atoms with E-state index in [0.29, 0.717) is 17.7 Å². The van der Waals surface area contributed by atoms with Crippen LogP contribution in [-0.4, -0.2) is 27.3 Å². The Balaban J connectivity index is 1.95. The molecule has 0 saturated heterocycles. The van der Waals surface area contributed by atoms with Gasteiger partial charge in [0.25, 0.3) is 11.5 Å². The van der Waals surface area contributed by atoms with Gasteiger partial charge in [0, 0.05) is 30.0 Å². The Morgan fingerprint density at radius 1 is 1.23 bits per heavy atom. The van der Waals surface area contributed by atoms with Gasteiger partial charge >= 0.3 is 0 Å². The monoisotopic (exact) mass is 349 g/mol. The second-order valence-corrected chi connectivity index (χ2v) is 7.04. The van der Waals surface area contributed by atoms with Crippen LogP contribution < -0.4 is 5.56 Å². The van der Waals surface area contributed by atoms with Crippen molar-refractivity contribution in [1.82, 2.24) is 14.9 Å². The fourth-order valence-corrected chi connectivity index (χ4v) is 3.02. The summed E-state index contributed by atoms with van der Waals surface area (Å²) in [7, 11) is 0. The molecule has 3 rings (SSSR count). The molecular formula is C21H23N3O2. The molecule has 0 radical (unpaired) electrons. The van der Waals surface area contributed by atoms with E-state index in [2.05, 4.69) is 23.8 Å². The summed E-state index contributed by atoms with van der Waals surface area (Å²) in [6, 6.07) is 11.3. The predicted molar refractivity (Wildman–Crippen MR) is 103 cm³/mol. The minimum atomic E-state index is -0.157. The van der Waals surface area contributed by atoms with Gasteiger partial charge in [-0.2, -0.15) is 0 Å². The van der Waals surface area contributed by atoms with Crippen molar-refractivity contribution in [3.8, 4) is 0 Å². The topological polar surface area (TPSA) is 66.1 Å². The van der Waals surface area contributed by atoms with E-state index < -0.39 is 0 Å². The maximum absolute atomic E-state index is 12.9. The largest absolute Gasteiger partial charge is 0.334 e. The number of carbonyl (C=O) groups is 1. The molecule has 5 heteroatoms. The highest BCUT2D eigenvalue weighted by molar-refractivity contribution is 5.94. The van der Waals surface area contributed by atoms with Crippen molar-refractivity contribution >= 4 is 16.8 Å². The second-order valence-electron chi connectivity index (χ2n) is 7.04. The number of fused-ring (bicyclic) bond motifs is 1. The molecule has 3 aromatic rings. The Kier molecular flexibility index (Phi) is 5.16. The first-order valence-corrected chi connectivity index (χ1v) is 8.76. The molecule has 2 aromatic heterocycles.